The number of piperazine rings is 1. The number of nitrogens with two attached hydrogens (primary N) is 1. The molecule has 2 aromatic carbocycles. The van der Waals surface area contributed by atoms with Crippen LogP contribution in [-0.4, -0.2) is 52.4 Å². The molecular weight excluding hydrogens is 394 g/mol. The molecule has 0 saturated carbocycles. The van der Waals surface area contributed by atoms with Gasteiger partial charge in [-0.25, -0.2) is 4.98 Å². The summed E-state index contributed by atoms with van der Waals surface area (Å²) in [6, 6.07) is 19.1. The molecule has 0 atom stereocenters. The summed E-state index contributed by atoms with van der Waals surface area (Å²) in [5.74, 6) is -0.739. The lowest BCUT2D eigenvalue weighted by Gasteiger charge is -2.36. The minimum Gasteiger partial charge on any atom is -0.368 e. The van der Waals surface area contributed by atoms with Gasteiger partial charge in [0.1, 0.15) is 17.9 Å². The third-order valence-corrected chi connectivity index (χ3v) is 5.39. The average molecular weight is 417 g/mol. The van der Waals surface area contributed by atoms with E-state index in [4.69, 9.17) is 5.73 Å². The van der Waals surface area contributed by atoms with E-state index in [2.05, 4.69) is 9.88 Å². The van der Waals surface area contributed by atoms with Crippen LogP contribution in [0.3, 0.4) is 0 Å². The monoisotopic (exact) mass is 417 g/mol. The summed E-state index contributed by atoms with van der Waals surface area (Å²) < 4.78 is 1.24. The zero-order valence-corrected chi connectivity index (χ0v) is 17.0. The van der Waals surface area contributed by atoms with E-state index in [1.807, 2.05) is 48.5 Å². The second-order valence-electron chi connectivity index (χ2n) is 7.32. The maximum atomic E-state index is 13.0. The summed E-state index contributed by atoms with van der Waals surface area (Å²) in [7, 11) is 0. The van der Waals surface area contributed by atoms with Crippen LogP contribution in [-0.2, 0) is 11.3 Å². The Morgan fingerprint density at radius 1 is 0.903 bits per heavy atom. The van der Waals surface area contributed by atoms with Crippen LogP contribution in [0.1, 0.15) is 10.4 Å². The highest BCUT2D eigenvalue weighted by atomic mass is 16.2. The second-order valence-corrected chi connectivity index (χ2v) is 7.32. The van der Waals surface area contributed by atoms with Gasteiger partial charge in [-0.15, -0.1) is 0 Å². The van der Waals surface area contributed by atoms with Crippen LogP contribution in [0.4, 0.5) is 5.69 Å². The molecular formula is C23H23N5O3. The lowest BCUT2D eigenvalue weighted by Crippen LogP contribution is -2.50. The van der Waals surface area contributed by atoms with Crippen molar-refractivity contribution in [2.75, 3.05) is 31.1 Å². The number of benzene rings is 2. The predicted molar refractivity (Wildman–Crippen MR) is 118 cm³/mol. The van der Waals surface area contributed by atoms with Crippen LogP contribution in [0, 0.1) is 0 Å². The van der Waals surface area contributed by atoms with Crippen molar-refractivity contribution in [2.24, 2.45) is 5.73 Å². The van der Waals surface area contributed by atoms with E-state index < -0.39 is 11.5 Å². The van der Waals surface area contributed by atoms with Crippen molar-refractivity contribution in [1.82, 2.24) is 14.5 Å². The van der Waals surface area contributed by atoms with Crippen molar-refractivity contribution in [3.63, 3.8) is 0 Å². The molecule has 3 aromatic rings. The Morgan fingerprint density at radius 3 is 2.13 bits per heavy atom. The van der Waals surface area contributed by atoms with Crippen LogP contribution >= 0.6 is 0 Å². The number of hydrogen-bond acceptors (Lipinski definition) is 5. The fraction of sp³-hybridized carbons (Fsp3) is 0.217. The molecule has 1 saturated heterocycles. The maximum absolute atomic E-state index is 13.0. The van der Waals surface area contributed by atoms with E-state index in [1.54, 1.807) is 17.0 Å². The summed E-state index contributed by atoms with van der Waals surface area (Å²) in [5, 5.41) is 0. The molecule has 1 aliphatic rings. The molecule has 0 spiro atoms. The molecule has 0 bridgehead atoms. The molecule has 0 radical (unpaired) electrons. The topological polar surface area (TPSA) is 102 Å². The number of primary amides is 1. The Labute approximate surface area is 179 Å². The van der Waals surface area contributed by atoms with Crippen molar-refractivity contribution in [1.29, 1.82) is 0 Å². The van der Waals surface area contributed by atoms with Gasteiger partial charge in [0, 0.05) is 43.6 Å². The quantitative estimate of drug-likeness (QED) is 0.675. The molecule has 4 rings (SSSR count). The number of amides is 2. The summed E-state index contributed by atoms with van der Waals surface area (Å²) in [4.78, 5) is 45.8. The fourth-order valence-electron chi connectivity index (χ4n) is 3.71. The zero-order chi connectivity index (χ0) is 21.8. The van der Waals surface area contributed by atoms with Gasteiger partial charge in [-0.2, -0.15) is 0 Å². The van der Waals surface area contributed by atoms with Crippen molar-refractivity contribution >= 4 is 17.5 Å². The molecule has 8 nitrogen and oxygen atoms in total. The van der Waals surface area contributed by atoms with Crippen LogP contribution in [0.25, 0.3) is 11.4 Å². The van der Waals surface area contributed by atoms with Crippen LogP contribution in [0.2, 0.25) is 0 Å². The third kappa shape index (κ3) is 4.32. The van der Waals surface area contributed by atoms with E-state index >= 15 is 0 Å². The minimum absolute atomic E-state index is 0.199. The first-order valence-electron chi connectivity index (χ1n) is 10.1. The Kier molecular flexibility index (Phi) is 5.79. The molecule has 0 aliphatic carbocycles. The summed E-state index contributed by atoms with van der Waals surface area (Å²) >= 11 is 0. The van der Waals surface area contributed by atoms with Crippen molar-refractivity contribution in [2.45, 2.75) is 6.54 Å². The van der Waals surface area contributed by atoms with Gasteiger partial charge in [-0.05, 0) is 12.1 Å². The lowest BCUT2D eigenvalue weighted by molar-refractivity contribution is -0.132. The summed E-state index contributed by atoms with van der Waals surface area (Å²) in [6.07, 6.45) is 1.17. The first kappa shape index (κ1) is 20.3. The minimum atomic E-state index is -0.866. The highest BCUT2D eigenvalue weighted by Gasteiger charge is 2.24. The van der Waals surface area contributed by atoms with Crippen LogP contribution in [0.15, 0.2) is 71.7 Å². The summed E-state index contributed by atoms with van der Waals surface area (Å²) in [5.41, 5.74) is 6.27. The van der Waals surface area contributed by atoms with Gasteiger partial charge in [0.25, 0.3) is 11.5 Å². The normalized spacial score (nSPS) is 13.8. The predicted octanol–water partition coefficient (Wildman–Crippen LogP) is 1.36. The number of carbonyl (C=O) groups excluding carboxylic acids is 2. The Bertz CT molecular complexity index is 1140. The number of rotatable bonds is 5. The van der Waals surface area contributed by atoms with E-state index in [9.17, 15) is 14.4 Å². The van der Waals surface area contributed by atoms with Gasteiger partial charge in [0.05, 0.1) is 0 Å². The van der Waals surface area contributed by atoms with Crippen LogP contribution in [0.5, 0.6) is 0 Å². The number of anilines is 1. The molecule has 0 unspecified atom stereocenters. The Hall–Kier alpha value is -3.94. The van der Waals surface area contributed by atoms with Crippen molar-refractivity contribution < 1.29 is 9.59 Å². The molecule has 8 heteroatoms. The third-order valence-electron chi connectivity index (χ3n) is 5.39. The second kappa shape index (κ2) is 8.83. The number of nitrogens with zero attached hydrogens (tertiary/aromatic N) is 4. The molecule has 2 heterocycles. The smallest absolute Gasteiger partial charge is 0.267 e. The summed E-state index contributed by atoms with van der Waals surface area (Å²) in [6.45, 7) is 2.30. The molecule has 1 fully saturated rings. The van der Waals surface area contributed by atoms with Gasteiger partial charge < -0.3 is 15.5 Å². The molecule has 1 aliphatic heterocycles. The van der Waals surface area contributed by atoms with Gasteiger partial charge in [-0.3, -0.25) is 19.0 Å². The number of aromatic nitrogens is 2. The first-order chi connectivity index (χ1) is 15.0. The average Bonchev–Trinajstić information content (AvgIpc) is 2.81. The first-order valence-corrected chi connectivity index (χ1v) is 10.1. The maximum Gasteiger partial charge on any atom is 0.267 e. The highest BCUT2D eigenvalue weighted by Crippen LogP contribution is 2.17. The number of hydrogen-bond donors (Lipinski definition) is 1. The van der Waals surface area contributed by atoms with E-state index in [0.717, 1.165) is 5.69 Å². The van der Waals surface area contributed by atoms with Gasteiger partial charge >= 0.3 is 0 Å². The molecule has 158 valence electrons. The molecule has 2 N–H and O–H groups in total. The van der Waals surface area contributed by atoms with Gasteiger partial charge in [-0.1, -0.05) is 48.5 Å². The SMILES string of the molecule is NC(=O)c1cnc(-c2ccccc2)n(CC(=O)N2CCN(c3ccccc3)CC2)c1=O. The van der Waals surface area contributed by atoms with E-state index in [-0.39, 0.29) is 18.0 Å². The molecule has 2 amide bonds. The molecule has 1 aromatic heterocycles. The largest absolute Gasteiger partial charge is 0.368 e. The van der Waals surface area contributed by atoms with Crippen LogP contribution < -0.4 is 16.2 Å². The van der Waals surface area contributed by atoms with Crippen molar-refractivity contribution in [3.05, 3.63) is 82.8 Å². The van der Waals surface area contributed by atoms with Crippen molar-refractivity contribution in [3.8, 4) is 11.4 Å². The van der Waals surface area contributed by atoms with E-state index in [0.29, 0.717) is 37.6 Å². The Morgan fingerprint density at radius 2 is 1.52 bits per heavy atom. The standard InChI is InChI=1S/C23H23N5O3/c24-21(30)19-15-25-22(17-7-3-1-4-8-17)28(23(19)31)16-20(29)27-13-11-26(12-14-27)18-9-5-2-6-10-18/h1-10,15H,11-14,16H2,(H2,24,30). The Balaban J connectivity index is 1.56. The van der Waals surface area contributed by atoms with Gasteiger partial charge in [0.15, 0.2) is 0 Å². The fourth-order valence-corrected chi connectivity index (χ4v) is 3.71. The molecule has 31 heavy (non-hydrogen) atoms. The van der Waals surface area contributed by atoms with E-state index in [1.165, 1.54) is 10.8 Å². The zero-order valence-electron chi connectivity index (χ0n) is 17.0. The number of para-hydroxylation sites is 1. The number of carbonyl (C=O) groups is 2. The van der Waals surface area contributed by atoms with Gasteiger partial charge in [0.2, 0.25) is 5.91 Å². The highest BCUT2D eigenvalue weighted by molar-refractivity contribution is 5.92. The lowest BCUT2D eigenvalue weighted by atomic mass is 10.2.